The molecule has 0 atom stereocenters. The highest BCUT2D eigenvalue weighted by molar-refractivity contribution is 5.05. The monoisotopic (exact) mass is 900 g/mol. The lowest BCUT2D eigenvalue weighted by atomic mass is 10.4. The first kappa shape index (κ1) is 37.3. The van der Waals surface area contributed by atoms with Crippen molar-refractivity contribution in [2.24, 2.45) is 0 Å². The summed E-state index contributed by atoms with van der Waals surface area (Å²) in [6.07, 6.45) is 0. The minimum absolute atomic E-state index is 0. The summed E-state index contributed by atoms with van der Waals surface area (Å²) in [6.45, 7) is 0. The van der Waals surface area contributed by atoms with Crippen LogP contribution in [-0.2, 0) is 0 Å². The largest absolute Gasteiger partial charge is 1.00 e. The highest BCUT2D eigenvalue weighted by atomic mass is 127. The molecule has 0 nitrogen and oxygen atoms in total. The molecule has 0 aliphatic heterocycles. The Morgan fingerprint density at radius 2 is 0.310 bits per heavy atom. The predicted molar refractivity (Wildman–Crippen MR) is 151 cm³/mol. The second kappa shape index (κ2) is 22.8. The van der Waals surface area contributed by atoms with Crippen LogP contribution in [0.1, 0.15) is 0 Å². The van der Waals surface area contributed by atoms with E-state index < -0.39 is 0 Å². The third kappa shape index (κ3) is 15.0. The van der Waals surface area contributed by atoms with Gasteiger partial charge in [-0.3, -0.25) is 0 Å². The Morgan fingerprint density at radius 1 is 0.190 bits per heavy atom. The third-order valence-corrected chi connectivity index (χ3v) is 13.1. The summed E-state index contributed by atoms with van der Waals surface area (Å²) in [5.74, 6) is 0. The van der Waals surface area contributed by atoms with Crippen LogP contribution in [0.5, 0.6) is 0 Å². The van der Waals surface area contributed by atoms with E-state index in [0.29, 0.717) is 0 Å². The summed E-state index contributed by atoms with van der Waals surface area (Å²) in [4.78, 5) is 0. The normalized spacial score (nSPS) is 9.14. The van der Waals surface area contributed by atoms with Crippen molar-refractivity contribution in [3.05, 3.63) is 203 Å². The third-order valence-electron chi connectivity index (χ3n) is 5.05. The van der Waals surface area contributed by atoms with Gasteiger partial charge in [-0.15, -0.1) is 0 Å². The van der Waals surface area contributed by atoms with E-state index in [-0.39, 0.29) is 77.7 Å². The lowest BCUT2D eigenvalue weighted by molar-refractivity contribution is -0.597. The summed E-state index contributed by atoms with van der Waals surface area (Å²) >= 11 is 0.0861. The molecular formula is C36H30F3I3. The van der Waals surface area contributed by atoms with Crippen molar-refractivity contribution in [3.63, 3.8) is 0 Å². The van der Waals surface area contributed by atoms with Crippen LogP contribution in [0, 0.1) is 21.4 Å². The first-order valence-corrected chi connectivity index (χ1v) is 19.1. The quantitative estimate of drug-likeness (QED) is 0.146. The van der Waals surface area contributed by atoms with Crippen LogP contribution in [0.2, 0.25) is 0 Å². The van der Waals surface area contributed by atoms with Gasteiger partial charge in [-0.2, -0.15) is 0 Å². The molecular weight excluding hydrogens is 870 g/mol. The molecule has 0 saturated carbocycles. The molecule has 0 unspecified atom stereocenters. The van der Waals surface area contributed by atoms with Crippen LogP contribution in [0.15, 0.2) is 182 Å². The van der Waals surface area contributed by atoms with Gasteiger partial charge in [0.1, 0.15) is 0 Å². The van der Waals surface area contributed by atoms with Gasteiger partial charge in [0.2, 0.25) is 0 Å². The van der Waals surface area contributed by atoms with Crippen LogP contribution in [-0.4, -0.2) is 0 Å². The zero-order valence-electron chi connectivity index (χ0n) is 22.6. The molecule has 0 amide bonds. The average Bonchev–Trinajstić information content (AvgIpc) is 3.01. The molecule has 0 N–H and O–H groups in total. The summed E-state index contributed by atoms with van der Waals surface area (Å²) in [5, 5.41) is 0. The molecule has 0 aromatic heterocycles. The van der Waals surface area contributed by atoms with Gasteiger partial charge in [-0.1, -0.05) is 109 Å². The SMILES string of the molecule is [F-].[F-].[F-].c1ccc([I+]c2ccccc2)cc1.c1ccc([I+]c2ccccc2)cc1.c1ccc([I+]c2ccccc2)cc1. The molecule has 0 fully saturated rings. The standard InChI is InChI=1S/3C12H10I.3FH/c3*1-3-7-11(8-4-1)13-12-9-5-2-6-10-12;;;/h3*1-10H;3*1H/q3*+1;;;/p-3. The predicted octanol–water partition coefficient (Wildman–Crippen LogP) is -9.54. The summed E-state index contributed by atoms with van der Waals surface area (Å²) in [6, 6.07) is 64.2. The molecule has 42 heavy (non-hydrogen) atoms. The van der Waals surface area contributed by atoms with E-state index in [0.717, 1.165) is 0 Å². The number of benzene rings is 6. The van der Waals surface area contributed by atoms with Crippen molar-refractivity contribution < 1.29 is 77.7 Å². The Balaban J connectivity index is 0.000000304. The van der Waals surface area contributed by atoms with E-state index in [2.05, 4.69) is 182 Å². The maximum absolute atomic E-state index is 2.21. The molecule has 0 aliphatic carbocycles. The van der Waals surface area contributed by atoms with Gasteiger partial charge in [-0.05, 0) is 72.8 Å². The maximum atomic E-state index is 2.21. The van der Waals surface area contributed by atoms with Gasteiger partial charge in [0.05, 0.1) is 0 Å². The Bertz CT molecular complexity index is 1150. The zero-order chi connectivity index (χ0) is 26.8. The average molecular weight is 900 g/mol. The Kier molecular flexibility index (Phi) is 20.3. The maximum Gasteiger partial charge on any atom is 0.357 e. The Labute approximate surface area is 278 Å². The molecule has 6 heteroatoms. The van der Waals surface area contributed by atoms with E-state index in [4.69, 9.17) is 0 Å². The molecule has 0 heterocycles. The summed E-state index contributed by atoms with van der Waals surface area (Å²) in [7, 11) is 0. The van der Waals surface area contributed by atoms with Gasteiger partial charge in [-0.25, -0.2) is 0 Å². The van der Waals surface area contributed by atoms with Crippen LogP contribution < -0.4 is 77.7 Å². The summed E-state index contributed by atoms with van der Waals surface area (Å²) < 4.78 is 8.88. The van der Waals surface area contributed by atoms with Crippen LogP contribution in [0.3, 0.4) is 0 Å². The smallest absolute Gasteiger partial charge is 0.357 e. The van der Waals surface area contributed by atoms with Crippen LogP contribution >= 0.6 is 0 Å². The topological polar surface area (TPSA) is 0 Å². The van der Waals surface area contributed by atoms with Crippen molar-refractivity contribution in [1.29, 1.82) is 0 Å². The Morgan fingerprint density at radius 3 is 0.429 bits per heavy atom. The number of hydrogen-bond acceptors (Lipinski definition) is 0. The van der Waals surface area contributed by atoms with Gasteiger partial charge >= 0.3 is 63.6 Å². The molecule has 0 aliphatic rings. The second-order valence-electron chi connectivity index (χ2n) is 8.06. The van der Waals surface area contributed by atoms with Crippen LogP contribution in [0.25, 0.3) is 0 Å². The Hall–Kier alpha value is -2.70. The number of halogens is 6. The van der Waals surface area contributed by atoms with Gasteiger partial charge < -0.3 is 14.1 Å². The van der Waals surface area contributed by atoms with Crippen molar-refractivity contribution in [3.8, 4) is 0 Å². The molecule has 0 radical (unpaired) electrons. The van der Waals surface area contributed by atoms with E-state index in [9.17, 15) is 0 Å². The molecule has 6 aromatic carbocycles. The van der Waals surface area contributed by atoms with Crippen molar-refractivity contribution in [2.75, 3.05) is 0 Å². The van der Waals surface area contributed by atoms with E-state index >= 15 is 0 Å². The van der Waals surface area contributed by atoms with E-state index in [1.54, 1.807) is 0 Å². The zero-order valence-corrected chi connectivity index (χ0v) is 29.1. The first-order valence-electron chi connectivity index (χ1n) is 12.6. The van der Waals surface area contributed by atoms with E-state index in [1.807, 2.05) is 0 Å². The molecule has 0 spiro atoms. The highest BCUT2D eigenvalue weighted by Crippen LogP contribution is 1.88. The fraction of sp³-hybridized carbons (Fsp3) is 0. The van der Waals surface area contributed by atoms with Gasteiger partial charge in [0, 0.05) is 0 Å². The fourth-order valence-electron chi connectivity index (χ4n) is 3.24. The van der Waals surface area contributed by atoms with Gasteiger partial charge in [0.15, 0.2) is 21.4 Å². The minimum Gasteiger partial charge on any atom is -1.00 e. The molecule has 0 bridgehead atoms. The molecule has 216 valence electrons. The van der Waals surface area contributed by atoms with Crippen molar-refractivity contribution in [2.45, 2.75) is 0 Å². The molecule has 6 rings (SSSR count). The number of hydrogen-bond donors (Lipinski definition) is 0. The van der Waals surface area contributed by atoms with E-state index in [1.165, 1.54) is 21.4 Å². The molecule has 0 saturated heterocycles. The fourth-order valence-corrected chi connectivity index (χ4v) is 10.1. The second-order valence-corrected chi connectivity index (χ2v) is 17.1. The van der Waals surface area contributed by atoms with Crippen LogP contribution in [0.4, 0.5) is 0 Å². The van der Waals surface area contributed by atoms with Crippen molar-refractivity contribution in [1.82, 2.24) is 0 Å². The lowest BCUT2D eigenvalue weighted by Gasteiger charge is -1.84. The summed E-state index contributed by atoms with van der Waals surface area (Å²) in [5.41, 5.74) is 0. The molecule has 6 aromatic rings. The highest BCUT2D eigenvalue weighted by Gasteiger charge is 2.14. The first-order chi connectivity index (χ1) is 19.3. The van der Waals surface area contributed by atoms with Gasteiger partial charge in [0.25, 0.3) is 0 Å². The minimum atomic E-state index is 0. The lowest BCUT2D eigenvalue weighted by Crippen LogP contribution is -3.61. The van der Waals surface area contributed by atoms with Crippen molar-refractivity contribution >= 4 is 0 Å². The number of rotatable bonds is 6.